The van der Waals surface area contributed by atoms with E-state index in [9.17, 15) is 4.79 Å². The van der Waals surface area contributed by atoms with Gasteiger partial charge in [0.15, 0.2) is 0 Å². The number of hydrogen-bond acceptors (Lipinski definition) is 5. The molecule has 0 aromatic carbocycles. The van der Waals surface area contributed by atoms with Gasteiger partial charge in [0, 0.05) is 26.2 Å². The van der Waals surface area contributed by atoms with E-state index < -0.39 is 0 Å². The fraction of sp³-hybridized carbons (Fsp3) is 0.583. The van der Waals surface area contributed by atoms with Crippen molar-refractivity contribution >= 4 is 17.5 Å². The quantitative estimate of drug-likeness (QED) is 0.752. The lowest BCUT2D eigenvalue weighted by atomic mass is 10.3. The Labute approximate surface area is 108 Å². The summed E-state index contributed by atoms with van der Waals surface area (Å²) in [4.78, 5) is 21.8. The Hall–Kier alpha value is -1.85. The predicted molar refractivity (Wildman–Crippen MR) is 72.8 cm³/mol. The van der Waals surface area contributed by atoms with Crippen molar-refractivity contribution in [1.29, 1.82) is 0 Å². The van der Waals surface area contributed by atoms with Crippen molar-refractivity contribution in [3.8, 4) is 0 Å². The van der Waals surface area contributed by atoms with E-state index in [4.69, 9.17) is 0 Å². The van der Waals surface area contributed by atoms with Crippen LogP contribution < -0.4 is 15.5 Å². The van der Waals surface area contributed by atoms with Gasteiger partial charge in [-0.15, -0.1) is 0 Å². The van der Waals surface area contributed by atoms with Crippen molar-refractivity contribution in [1.82, 2.24) is 15.3 Å². The second kappa shape index (κ2) is 7.47. The number of carbonyl (C=O) groups is 1. The van der Waals surface area contributed by atoms with E-state index in [2.05, 4.69) is 27.5 Å². The molecule has 0 saturated heterocycles. The Bertz CT molecular complexity index is 382. The summed E-state index contributed by atoms with van der Waals surface area (Å²) in [5.74, 6) is 1.53. The van der Waals surface area contributed by atoms with Crippen molar-refractivity contribution in [2.75, 3.05) is 36.9 Å². The van der Waals surface area contributed by atoms with Crippen molar-refractivity contribution in [2.45, 2.75) is 20.3 Å². The van der Waals surface area contributed by atoms with E-state index in [1.165, 1.54) is 6.33 Å². The number of amides is 1. The van der Waals surface area contributed by atoms with Crippen LogP contribution in [-0.2, 0) is 4.79 Å². The van der Waals surface area contributed by atoms with E-state index in [-0.39, 0.29) is 5.91 Å². The summed E-state index contributed by atoms with van der Waals surface area (Å²) in [5, 5.41) is 5.76. The van der Waals surface area contributed by atoms with Crippen LogP contribution in [0.1, 0.15) is 20.3 Å². The number of nitrogens with one attached hydrogen (secondary N) is 2. The van der Waals surface area contributed by atoms with Gasteiger partial charge in [-0.2, -0.15) is 0 Å². The SMILES string of the molecule is CCCN(CC(=O)NC)c1cc(NCC)ncn1. The average Bonchev–Trinajstić information content (AvgIpc) is 2.39. The van der Waals surface area contributed by atoms with Crippen molar-refractivity contribution in [3.63, 3.8) is 0 Å². The third kappa shape index (κ3) is 4.20. The third-order valence-electron chi connectivity index (χ3n) is 2.44. The summed E-state index contributed by atoms with van der Waals surface area (Å²) in [5.41, 5.74) is 0. The van der Waals surface area contributed by atoms with Gasteiger partial charge in [0.2, 0.25) is 5.91 Å². The number of rotatable bonds is 7. The molecule has 0 aliphatic rings. The first-order valence-electron chi connectivity index (χ1n) is 6.22. The summed E-state index contributed by atoms with van der Waals surface area (Å²) < 4.78 is 0. The van der Waals surface area contributed by atoms with E-state index in [1.807, 2.05) is 17.9 Å². The minimum atomic E-state index is -0.0212. The molecule has 1 aromatic rings. The first kappa shape index (κ1) is 14.2. The van der Waals surface area contributed by atoms with Gasteiger partial charge in [-0.05, 0) is 13.3 Å². The van der Waals surface area contributed by atoms with Gasteiger partial charge in [0.1, 0.15) is 18.0 Å². The molecule has 100 valence electrons. The predicted octanol–water partition coefficient (Wildman–Crippen LogP) is 0.871. The van der Waals surface area contributed by atoms with Gasteiger partial charge in [-0.1, -0.05) is 6.92 Å². The van der Waals surface area contributed by atoms with Crippen LogP contribution in [0.25, 0.3) is 0 Å². The molecule has 6 nitrogen and oxygen atoms in total. The summed E-state index contributed by atoms with van der Waals surface area (Å²) >= 11 is 0. The van der Waals surface area contributed by atoms with Gasteiger partial charge >= 0.3 is 0 Å². The molecule has 0 spiro atoms. The van der Waals surface area contributed by atoms with Crippen LogP contribution in [0.4, 0.5) is 11.6 Å². The molecule has 1 heterocycles. The van der Waals surface area contributed by atoms with E-state index >= 15 is 0 Å². The zero-order valence-electron chi connectivity index (χ0n) is 11.2. The van der Waals surface area contributed by atoms with E-state index in [0.717, 1.165) is 31.1 Å². The molecular weight excluding hydrogens is 230 g/mol. The highest BCUT2D eigenvalue weighted by Gasteiger charge is 2.11. The van der Waals surface area contributed by atoms with Crippen molar-refractivity contribution < 1.29 is 4.79 Å². The zero-order valence-corrected chi connectivity index (χ0v) is 11.2. The van der Waals surface area contributed by atoms with Crippen LogP contribution in [-0.4, -0.2) is 42.6 Å². The maximum Gasteiger partial charge on any atom is 0.239 e. The van der Waals surface area contributed by atoms with Crippen LogP contribution in [0.2, 0.25) is 0 Å². The molecule has 0 bridgehead atoms. The highest BCUT2D eigenvalue weighted by molar-refractivity contribution is 5.80. The molecule has 0 atom stereocenters. The Morgan fingerprint density at radius 1 is 1.39 bits per heavy atom. The van der Waals surface area contributed by atoms with Crippen LogP contribution in [0.5, 0.6) is 0 Å². The standard InChI is InChI=1S/C12H21N5O/c1-4-6-17(8-12(18)13-3)11-7-10(14-5-2)15-9-16-11/h7,9H,4-6,8H2,1-3H3,(H,13,18)(H,14,15,16). The highest BCUT2D eigenvalue weighted by atomic mass is 16.1. The van der Waals surface area contributed by atoms with Gasteiger partial charge in [-0.3, -0.25) is 4.79 Å². The van der Waals surface area contributed by atoms with Gasteiger partial charge in [0.25, 0.3) is 0 Å². The first-order valence-corrected chi connectivity index (χ1v) is 6.22. The minimum Gasteiger partial charge on any atom is -0.370 e. The van der Waals surface area contributed by atoms with Crippen molar-refractivity contribution in [2.24, 2.45) is 0 Å². The number of aromatic nitrogens is 2. The second-order valence-corrected chi connectivity index (χ2v) is 3.89. The molecule has 0 fully saturated rings. The molecule has 6 heteroatoms. The molecule has 0 unspecified atom stereocenters. The lowest BCUT2D eigenvalue weighted by Gasteiger charge is -2.22. The van der Waals surface area contributed by atoms with Gasteiger partial charge < -0.3 is 15.5 Å². The molecular formula is C12H21N5O. The van der Waals surface area contributed by atoms with Crippen molar-refractivity contribution in [3.05, 3.63) is 12.4 Å². The molecule has 2 N–H and O–H groups in total. The Morgan fingerprint density at radius 3 is 2.78 bits per heavy atom. The van der Waals surface area contributed by atoms with E-state index in [0.29, 0.717) is 6.54 Å². The lowest BCUT2D eigenvalue weighted by Crippen LogP contribution is -2.36. The highest BCUT2D eigenvalue weighted by Crippen LogP contribution is 2.14. The van der Waals surface area contributed by atoms with Crippen LogP contribution in [0.15, 0.2) is 12.4 Å². The molecule has 0 radical (unpaired) electrons. The molecule has 1 amide bonds. The molecule has 0 aliphatic carbocycles. The Kier molecular flexibility index (Phi) is 5.90. The molecule has 18 heavy (non-hydrogen) atoms. The largest absolute Gasteiger partial charge is 0.370 e. The molecule has 0 aliphatic heterocycles. The van der Waals surface area contributed by atoms with Gasteiger partial charge in [-0.25, -0.2) is 9.97 Å². The minimum absolute atomic E-state index is 0.0212. The smallest absolute Gasteiger partial charge is 0.239 e. The fourth-order valence-corrected chi connectivity index (χ4v) is 1.59. The number of likely N-dealkylation sites (N-methyl/N-ethyl adjacent to an activating group) is 1. The number of hydrogen-bond donors (Lipinski definition) is 2. The molecule has 0 saturated carbocycles. The van der Waals surface area contributed by atoms with Crippen LogP contribution >= 0.6 is 0 Å². The topological polar surface area (TPSA) is 70.2 Å². The summed E-state index contributed by atoms with van der Waals surface area (Å²) in [6, 6.07) is 1.86. The van der Waals surface area contributed by atoms with Gasteiger partial charge in [0.05, 0.1) is 6.54 Å². The number of carbonyl (C=O) groups excluding carboxylic acids is 1. The lowest BCUT2D eigenvalue weighted by molar-refractivity contribution is -0.119. The maximum absolute atomic E-state index is 11.5. The monoisotopic (exact) mass is 251 g/mol. The normalized spacial score (nSPS) is 9.94. The molecule has 1 rings (SSSR count). The van der Waals surface area contributed by atoms with Crippen LogP contribution in [0.3, 0.4) is 0 Å². The Balaban J connectivity index is 2.83. The summed E-state index contributed by atoms with van der Waals surface area (Å²) in [6.07, 6.45) is 2.47. The average molecular weight is 251 g/mol. The second-order valence-electron chi connectivity index (χ2n) is 3.89. The summed E-state index contributed by atoms with van der Waals surface area (Å²) in [6.45, 7) is 5.99. The van der Waals surface area contributed by atoms with E-state index in [1.54, 1.807) is 7.05 Å². The molecule has 1 aromatic heterocycles. The zero-order chi connectivity index (χ0) is 13.4. The summed E-state index contributed by atoms with van der Waals surface area (Å²) in [7, 11) is 1.64. The maximum atomic E-state index is 11.5. The number of anilines is 2. The Morgan fingerprint density at radius 2 is 2.17 bits per heavy atom. The third-order valence-corrected chi connectivity index (χ3v) is 2.44. The first-order chi connectivity index (χ1) is 8.71. The fourth-order valence-electron chi connectivity index (χ4n) is 1.59. The van der Waals surface area contributed by atoms with Crippen LogP contribution in [0, 0.1) is 0 Å². The number of nitrogens with zero attached hydrogens (tertiary/aromatic N) is 3.